The van der Waals surface area contributed by atoms with Crippen molar-refractivity contribution in [2.24, 2.45) is 0 Å². The number of benzene rings is 1. The van der Waals surface area contributed by atoms with Gasteiger partial charge in [-0.05, 0) is 44.9 Å². The molecule has 1 aliphatic heterocycles. The van der Waals surface area contributed by atoms with Gasteiger partial charge in [0.25, 0.3) is 6.43 Å². The van der Waals surface area contributed by atoms with Crippen LogP contribution in [0.2, 0.25) is 0 Å². The third-order valence-corrected chi connectivity index (χ3v) is 6.51. The van der Waals surface area contributed by atoms with Crippen molar-refractivity contribution < 1.29 is 13.5 Å². The fourth-order valence-electron chi connectivity index (χ4n) is 4.70. The van der Waals surface area contributed by atoms with Crippen molar-refractivity contribution in [2.75, 3.05) is 43.6 Å². The SMILES string of the molecule is CNC1CCC(Nc2nc(N3CCOCC3)cc(-n3c(C(F)F)nc4ccccc43)n2)CC1. The van der Waals surface area contributed by atoms with Gasteiger partial charge in [0.15, 0.2) is 5.82 Å². The lowest BCUT2D eigenvalue weighted by Gasteiger charge is -2.30. The molecule has 2 aromatic heterocycles. The van der Waals surface area contributed by atoms with E-state index in [1.165, 1.54) is 4.57 Å². The second kappa shape index (κ2) is 9.56. The molecule has 1 saturated heterocycles. The summed E-state index contributed by atoms with van der Waals surface area (Å²) in [7, 11) is 2.00. The number of aromatic nitrogens is 4. The number of imidazole rings is 1. The molecule has 33 heavy (non-hydrogen) atoms. The second-order valence-electron chi connectivity index (χ2n) is 8.58. The van der Waals surface area contributed by atoms with E-state index in [-0.39, 0.29) is 11.9 Å². The highest BCUT2D eigenvalue weighted by Gasteiger charge is 2.25. The van der Waals surface area contributed by atoms with Gasteiger partial charge in [-0.3, -0.25) is 4.57 Å². The van der Waals surface area contributed by atoms with Crippen molar-refractivity contribution in [3.63, 3.8) is 0 Å². The highest BCUT2D eigenvalue weighted by Crippen LogP contribution is 2.30. The van der Waals surface area contributed by atoms with Gasteiger partial charge in [0.2, 0.25) is 5.95 Å². The van der Waals surface area contributed by atoms with E-state index < -0.39 is 6.43 Å². The number of ether oxygens (including phenoxy) is 1. The predicted octanol–water partition coefficient (Wildman–Crippen LogP) is 3.53. The molecular formula is C23H29F2N7O. The number of hydrogen-bond donors (Lipinski definition) is 2. The maximum absolute atomic E-state index is 14.0. The molecule has 1 saturated carbocycles. The van der Waals surface area contributed by atoms with Gasteiger partial charge in [0, 0.05) is 31.2 Å². The van der Waals surface area contributed by atoms with E-state index in [1.807, 2.05) is 13.1 Å². The number of rotatable bonds is 6. The summed E-state index contributed by atoms with van der Waals surface area (Å²) in [5.41, 5.74) is 1.11. The number of para-hydroxylation sites is 2. The Hall–Kier alpha value is -2.85. The standard InChI is InChI=1S/C23H29F2N7O/c1-26-15-6-8-16(9-7-15)27-23-29-19(31-10-12-33-13-11-31)14-20(30-23)32-18-5-3-2-4-17(18)28-22(32)21(24)25/h2-5,14-16,21,26H,6-13H2,1H3,(H,27,29,30). The van der Waals surface area contributed by atoms with Crippen molar-refractivity contribution in [2.45, 2.75) is 44.2 Å². The number of fused-ring (bicyclic) bond motifs is 1. The lowest BCUT2D eigenvalue weighted by Crippen LogP contribution is -2.37. The van der Waals surface area contributed by atoms with Crippen LogP contribution >= 0.6 is 0 Å². The molecular weight excluding hydrogens is 428 g/mol. The van der Waals surface area contributed by atoms with Crippen molar-refractivity contribution in [3.8, 4) is 5.82 Å². The normalized spacial score (nSPS) is 21.6. The molecule has 3 heterocycles. The van der Waals surface area contributed by atoms with E-state index >= 15 is 0 Å². The molecule has 2 fully saturated rings. The molecule has 0 radical (unpaired) electrons. The van der Waals surface area contributed by atoms with Crippen LogP contribution in [0, 0.1) is 0 Å². The molecule has 1 aromatic carbocycles. The monoisotopic (exact) mass is 457 g/mol. The summed E-state index contributed by atoms with van der Waals surface area (Å²) >= 11 is 0. The van der Waals surface area contributed by atoms with Gasteiger partial charge in [0.05, 0.1) is 24.2 Å². The molecule has 0 unspecified atom stereocenters. The molecule has 5 rings (SSSR count). The fraction of sp³-hybridized carbons (Fsp3) is 0.522. The van der Waals surface area contributed by atoms with E-state index in [2.05, 4.69) is 20.5 Å². The van der Waals surface area contributed by atoms with Crippen LogP contribution in [0.1, 0.15) is 37.9 Å². The van der Waals surface area contributed by atoms with Crippen LogP contribution in [-0.4, -0.2) is 65.0 Å². The smallest absolute Gasteiger partial charge is 0.296 e. The van der Waals surface area contributed by atoms with E-state index in [1.54, 1.807) is 24.3 Å². The lowest BCUT2D eigenvalue weighted by molar-refractivity contribution is 0.122. The summed E-state index contributed by atoms with van der Waals surface area (Å²) in [5, 5.41) is 6.82. The topological polar surface area (TPSA) is 80.1 Å². The molecule has 10 heteroatoms. The van der Waals surface area contributed by atoms with Crippen molar-refractivity contribution >= 4 is 22.8 Å². The van der Waals surface area contributed by atoms with Crippen LogP contribution in [0.25, 0.3) is 16.9 Å². The van der Waals surface area contributed by atoms with Crippen molar-refractivity contribution in [3.05, 3.63) is 36.2 Å². The number of nitrogens with one attached hydrogen (secondary N) is 2. The largest absolute Gasteiger partial charge is 0.378 e. The summed E-state index contributed by atoms with van der Waals surface area (Å²) in [6.45, 7) is 2.59. The molecule has 0 amide bonds. The van der Waals surface area contributed by atoms with Crippen LogP contribution < -0.4 is 15.5 Å². The summed E-state index contributed by atoms with van der Waals surface area (Å²) in [6.07, 6.45) is 1.43. The minimum absolute atomic E-state index is 0.247. The van der Waals surface area contributed by atoms with Crippen LogP contribution in [0.5, 0.6) is 0 Å². The fourth-order valence-corrected chi connectivity index (χ4v) is 4.70. The first-order valence-electron chi connectivity index (χ1n) is 11.5. The van der Waals surface area contributed by atoms with E-state index in [9.17, 15) is 8.78 Å². The van der Waals surface area contributed by atoms with Gasteiger partial charge in [-0.25, -0.2) is 13.8 Å². The third-order valence-electron chi connectivity index (χ3n) is 6.51. The molecule has 176 valence electrons. The number of alkyl halides is 2. The van der Waals surface area contributed by atoms with Gasteiger partial charge >= 0.3 is 0 Å². The lowest BCUT2D eigenvalue weighted by atomic mass is 9.91. The molecule has 0 atom stereocenters. The zero-order chi connectivity index (χ0) is 22.8. The highest BCUT2D eigenvalue weighted by atomic mass is 19.3. The average Bonchev–Trinajstić information content (AvgIpc) is 3.25. The molecule has 8 nitrogen and oxygen atoms in total. The average molecular weight is 458 g/mol. The summed E-state index contributed by atoms with van der Waals surface area (Å²) in [5.74, 6) is 1.23. The minimum Gasteiger partial charge on any atom is -0.378 e. The Labute approximate surface area is 191 Å². The van der Waals surface area contributed by atoms with Gasteiger partial charge < -0.3 is 20.3 Å². The minimum atomic E-state index is -2.73. The maximum Gasteiger partial charge on any atom is 0.296 e. The van der Waals surface area contributed by atoms with Crippen LogP contribution in [0.4, 0.5) is 20.5 Å². The first-order chi connectivity index (χ1) is 16.1. The maximum atomic E-state index is 14.0. The van der Waals surface area contributed by atoms with Crippen molar-refractivity contribution in [1.82, 2.24) is 24.8 Å². The first-order valence-corrected chi connectivity index (χ1v) is 11.5. The van der Waals surface area contributed by atoms with Gasteiger partial charge in [-0.2, -0.15) is 9.97 Å². The number of halogens is 2. The Morgan fingerprint density at radius 3 is 2.39 bits per heavy atom. The van der Waals surface area contributed by atoms with E-state index in [0.717, 1.165) is 25.7 Å². The first kappa shape index (κ1) is 22.0. The Balaban J connectivity index is 1.55. The number of morpholine rings is 1. The quantitative estimate of drug-likeness (QED) is 0.586. The Kier molecular flexibility index (Phi) is 6.37. The van der Waals surface area contributed by atoms with Gasteiger partial charge in [-0.1, -0.05) is 12.1 Å². The second-order valence-corrected chi connectivity index (χ2v) is 8.58. The Morgan fingerprint density at radius 1 is 0.970 bits per heavy atom. The zero-order valence-corrected chi connectivity index (χ0v) is 18.7. The van der Waals surface area contributed by atoms with E-state index in [4.69, 9.17) is 14.7 Å². The molecule has 2 aliphatic rings. The number of anilines is 2. The van der Waals surface area contributed by atoms with Crippen LogP contribution in [0.3, 0.4) is 0 Å². The van der Waals surface area contributed by atoms with Gasteiger partial charge in [-0.15, -0.1) is 0 Å². The number of hydrogen-bond acceptors (Lipinski definition) is 7. The molecule has 2 N–H and O–H groups in total. The van der Waals surface area contributed by atoms with E-state index in [0.29, 0.717) is 61.0 Å². The highest BCUT2D eigenvalue weighted by molar-refractivity contribution is 5.78. The van der Waals surface area contributed by atoms with Gasteiger partial charge in [0.1, 0.15) is 11.6 Å². The Morgan fingerprint density at radius 2 is 1.67 bits per heavy atom. The predicted molar refractivity (Wildman–Crippen MR) is 123 cm³/mol. The molecule has 1 aliphatic carbocycles. The third kappa shape index (κ3) is 4.63. The summed E-state index contributed by atoms with van der Waals surface area (Å²) < 4.78 is 34.9. The van der Waals surface area contributed by atoms with Crippen molar-refractivity contribution in [1.29, 1.82) is 0 Å². The molecule has 0 spiro atoms. The van der Waals surface area contributed by atoms with Crippen LogP contribution in [-0.2, 0) is 4.74 Å². The Bertz CT molecular complexity index is 1090. The van der Waals surface area contributed by atoms with Crippen LogP contribution in [0.15, 0.2) is 30.3 Å². The summed E-state index contributed by atoms with van der Waals surface area (Å²) in [6, 6.07) is 9.69. The number of nitrogens with zero attached hydrogens (tertiary/aromatic N) is 5. The zero-order valence-electron chi connectivity index (χ0n) is 18.7. The molecule has 0 bridgehead atoms. The molecule has 3 aromatic rings. The summed E-state index contributed by atoms with van der Waals surface area (Å²) in [4.78, 5) is 15.8.